The lowest BCUT2D eigenvalue weighted by Crippen LogP contribution is -2.48. The summed E-state index contributed by atoms with van der Waals surface area (Å²) < 4.78 is 1.85. The van der Waals surface area contributed by atoms with Crippen LogP contribution in [0.15, 0.2) is 29.1 Å². The van der Waals surface area contributed by atoms with E-state index < -0.39 is 0 Å². The molecule has 0 aliphatic carbocycles. The molecule has 9 nitrogen and oxygen atoms in total. The Labute approximate surface area is 167 Å². The maximum atomic E-state index is 12.7. The minimum absolute atomic E-state index is 0.129. The number of urea groups is 1. The number of H-pyrrole nitrogens is 1. The second-order valence-electron chi connectivity index (χ2n) is 7.71. The lowest BCUT2D eigenvalue weighted by atomic mass is 9.94. The SMILES string of the molecule is O=C(Nc1cccc2nn3c(C4CCNCC4)cc(=O)[nH]c3c12)N1CCNCC1. The van der Waals surface area contributed by atoms with E-state index in [1.54, 1.807) is 11.0 Å². The fraction of sp³-hybridized carbons (Fsp3) is 0.450. The van der Waals surface area contributed by atoms with Crippen LogP contribution in [0.3, 0.4) is 0 Å². The summed E-state index contributed by atoms with van der Waals surface area (Å²) in [5, 5.41) is 15.2. The van der Waals surface area contributed by atoms with Gasteiger partial charge in [-0.05, 0) is 38.1 Å². The third-order valence-corrected chi connectivity index (χ3v) is 5.87. The lowest BCUT2D eigenvalue weighted by Gasteiger charge is -2.27. The molecule has 2 amide bonds. The van der Waals surface area contributed by atoms with Crippen LogP contribution in [0, 0.1) is 0 Å². The zero-order chi connectivity index (χ0) is 19.8. The van der Waals surface area contributed by atoms with Crippen LogP contribution in [0.1, 0.15) is 24.5 Å². The van der Waals surface area contributed by atoms with Gasteiger partial charge in [-0.15, -0.1) is 0 Å². The second kappa shape index (κ2) is 7.49. The number of nitrogens with zero attached hydrogens (tertiary/aromatic N) is 3. The van der Waals surface area contributed by atoms with Crippen molar-refractivity contribution in [2.45, 2.75) is 18.8 Å². The molecule has 2 aliphatic rings. The highest BCUT2D eigenvalue weighted by atomic mass is 16.2. The molecule has 2 saturated heterocycles. The van der Waals surface area contributed by atoms with Gasteiger partial charge < -0.3 is 25.8 Å². The highest BCUT2D eigenvalue weighted by Crippen LogP contribution is 2.30. The summed E-state index contributed by atoms with van der Waals surface area (Å²) in [6.45, 7) is 4.81. The molecule has 9 heteroatoms. The number of hydrogen-bond donors (Lipinski definition) is 4. The molecule has 152 valence electrons. The molecule has 2 fully saturated rings. The maximum absolute atomic E-state index is 12.7. The average molecular weight is 395 g/mol. The Morgan fingerprint density at radius 2 is 1.86 bits per heavy atom. The predicted molar refractivity (Wildman–Crippen MR) is 112 cm³/mol. The van der Waals surface area contributed by atoms with Crippen LogP contribution in [-0.4, -0.2) is 64.8 Å². The number of anilines is 1. The van der Waals surface area contributed by atoms with Crippen LogP contribution < -0.4 is 21.5 Å². The summed E-state index contributed by atoms with van der Waals surface area (Å²) in [5.41, 5.74) is 2.84. The molecule has 4 N–H and O–H groups in total. The van der Waals surface area contributed by atoms with E-state index in [-0.39, 0.29) is 17.5 Å². The van der Waals surface area contributed by atoms with Gasteiger partial charge in [-0.2, -0.15) is 5.10 Å². The van der Waals surface area contributed by atoms with E-state index in [1.807, 2.05) is 22.7 Å². The Morgan fingerprint density at radius 3 is 2.66 bits per heavy atom. The van der Waals surface area contributed by atoms with Crippen molar-refractivity contribution >= 4 is 28.3 Å². The first-order valence-electron chi connectivity index (χ1n) is 10.2. The Kier molecular flexibility index (Phi) is 4.69. The molecule has 4 heterocycles. The van der Waals surface area contributed by atoms with Crippen molar-refractivity contribution in [3.05, 3.63) is 40.3 Å². The van der Waals surface area contributed by atoms with E-state index in [1.165, 1.54) is 0 Å². The van der Waals surface area contributed by atoms with Crippen molar-refractivity contribution in [1.82, 2.24) is 30.1 Å². The van der Waals surface area contributed by atoms with Crippen molar-refractivity contribution in [2.75, 3.05) is 44.6 Å². The van der Waals surface area contributed by atoms with Crippen LogP contribution in [0.2, 0.25) is 0 Å². The van der Waals surface area contributed by atoms with E-state index >= 15 is 0 Å². The zero-order valence-corrected chi connectivity index (χ0v) is 16.2. The van der Waals surface area contributed by atoms with Crippen molar-refractivity contribution in [3.63, 3.8) is 0 Å². The van der Waals surface area contributed by atoms with Crippen LogP contribution in [0.4, 0.5) is 10.5 Å². The van der Waals surface area contributed by atoms with E-state index in [4.69, 9.17) is 5.10 Å². The Balaban J connectivity index is 1.59. The number of hydrogen-bond acceptors (Lipinski definition) is 5. The topological polar surface area (TPSA) is 107 Å². The number of rotatable bonds is 2. The number of aromatic amines is 1. The number of carbonyl (C=O) groups excluding carboxylic acids is 1. The molecule has 3 aromatic rings. The van der Waals surface area contributed by atoms with E-state index in [9.17, 15) is 9.59 Å². The summed E-state index contributed by atoms with van der Waals surface area (Å²) in [6, 6.07) is 7.18. The minimum Gasteiger partial charge on any atom is -0.322 e. The first-order valence-corrected chi connectivity index (χ1v) is 10.2. The van der Waals surface area contributed by atoms with E-state index in [0.717, 1.165) is 55.6 Å². The van der Waals surface area contributed by atoms with E-state index in [2.05, 4.69) is 20.9 Å². The smallest absolute Gasteiger partial charge is 0.321 e. The van der Waals surface area contributed by atoms with Crippen molar-refractivity contribution in [1.29, 1.82) is 0 Å². The zero-order valence-electron chi connectivity index (χ0n) is 16.2. The summed E-state index contributed by atoms with van der Waals surface area (Å²) in [5.74, 6) is 0.286. The van der Waals surface area contributed by atoms with E-state index in [0.29, 0.717) is 24.4 Å². The molecule has 5 rings (SSSR count). The molecular weight excluding hydrogens is 370 g/mol. The van der Waals surface area contributed by atoms with Gasteiger partial charge in [0, 0.05) is 38.2 Å². The normalized spacial score (nSPS) is 18.4. The number of piperazine rings is 1. The number of amides is 2. The summed E-state index contributed by atoms with van der Waals surface area (Å²) in [6.07, 6.45) is 1.95. The largest absolute Gasteiger partial charge is 0.322 e. The quantitative estimate of drug-likeness (QED) is 0.520. The number of nitrogens with one attached hydrogen (secondary N) is 4. The molecule has 0 spiro atoms. The first-order chi connectivity index (χ1) is 14.2. The van der Waals surface area contributed by atoms with Crippen molar-refractivity contribution in [2.24, 2.45) is 0 Å². The van der Waals surface area contributed by atoms with Crippen LogP contribution in [0.25, 0.3) is 16.6 Å². The maximum Gasteiger partial charge on any atom is 0.321 e. The standard InChI is InChI=1S/C20H25N7O2/c28-17-12-16(13-4-6-21-7-5-13)27-19(24-17)18-14(2-1-3-15(18)25-27)23-20(29)26-10-8-22-9-11-26/h1-3,12-13,21-22H,4-11H2,(H,23,29)(H,24,28). The third-order valence-electron chi connectivity index (χ3n) is 5.87. The number of aromatic nitrogens is 3. The van der Waals surface area contributed by atoms with Crippen LogP contribution in [-0.2, 0) is 0 Å². The Hall–Kier alpha value is -2.91. The molecule has 0 unspecified atom stereocenters. The number of benzene rings is 1. The highest BCUT2D eigenvalue weighted by Gasteiger charge is 2.23. The molecule has 0 radical (unpaired) electrons. The van der Waals surface area contributed by atoms with Gasteiger partial charge in [0.25, 0.3) is 5.56 Å². The monoisotopic (exact) mass is 395 g/mol. The van der Waals surface area contributed by atoms with Gasteiger partial charge >= 0.3 is 6.03 Å². The fourth-order valence-electron chi connectivity index (χ4n) is 4.36. The Bertz CT molecular complexity index is 1110. The summed E-state index contributed by atoms with van der Waals surface area (Å²) in [7, 11) is 0. The first kappa shape index (κ1) is 18.1. The highest BCUT2D eigenvalue weighted by molar-refractivity contribution is 6.07. The van der Waals surface area contributed by atoms with Gasteiger partial charge in [0.1, 0.15) is 5.65 Å². The number of carbonyl (C=O) groups is 1. The molecule has 0 atom stereocenters. The van der Waals surface area contributed by atoms with Gasteiger partial charge in [0.15, 0.2) is 0 Å². The van der Waals surface area contributed by atoms with Crippen molar-refractivity contribution < 1.29 is 4.79 Å². The summed E-state index contributed by atoms with van der Waals surface area (Å²) in [4.78, 5) is 29.9. The van der Waals surface area contributed by atoms with Crippen LogP contribution in [0.5, 0.6) is 0 Å². The number of piperidine rings is 1. The van der Waals surface area contributed by atoms with Gasteiger partial charge in [-0.3, -0.25) is 4.79 Å². The Morgan fingerprint density at radius 1 is 1.10 bits per heavy atom. The van der Waals surface area contributed by atoms with Gasteiger partial charge in [-0.1, -0.05) is 6.07 Å². The molecule has 2 aliphatic heterocycles. The van der Waals surface area contributed by atoms with Gasteiger partial charge in [-0.25, -0.2) is 9.31 Å². The molecule has 0 saturated carbocycles. The predicted octanol–water partition coefficient (Wildman–Crippen LogP) is 1.08. The minimum atomic E-state index is -0.143. The molecule has 1 aromatic carbocycles. The van der Waals surface area contributed by atoms with Crippen LogP contribution >= 0.6 is 0 Å². The molecule has 29 heavy (non-hydrogen) atoms. The molecular formula is C20H25N7O2. The second-order valence-corrected chi connectivity index (χ2v) is 7.71. The van der Waals surface area contributed by atoms with Gasteiger partial charge in [0.05, 0.1) is 22.3 Å². The van der Waals surface area contributed by atoms with Crippen molar-refractivity contribution in [3.8, 4) is 0 Å². The molecule has 2 aromatic heterocycles. The average Bonchev–Trinajstić information content (AvgIpc) is 3.14. The third kappa shape index (κ3) is 3.36. The van der Waals surface area contributed by atoms with Gasteiger partial charge in [0.2, 0.25) is 0 Å². The fourth-order valence-corrected chi connectivity index (χ4v) is 4.36. The number of fused-ring (bicyclic) bond motifs is 3. The molecule has 0 bridgehead atoms. The summed E-state index contributed by atoms with van der Waals surface area (Å²) >= 11 is 0. The lowest BCUT2D eigenvalue weighted by molar-refractivity contribution is 0.204.